The molecule has 5 aromatic rings. The topological polar surface area (TPSA) is 33.5 Å². The third-order valence-electron chi connectivity index (χ3n) is 10.9. The van der Waals surface area contributed by atoms with Crippen molar-refractivity contribution >= 4 is 11.4 Å². The van der Waals surface area contributed by atoms with Gasteiger partial charge < -0.3 is 14.5 Å². The molecule has 0 radical (unpaired) electrons. The van der Waals surface area contributed by atoms with Crippen LogP contribution < -0.4 is 14.5 Å². The Morgan fingerprint density at radius 2 is 0.889 bits per heavy atom. The van der Waals surface area contributed by atoms with Gasteiger partial charge in [0, 0.05) is 53.1 Å². The highest BCUT2D eigenvalue weighted by Crippen LogP contribution is 2.39. The molecule has 0 spiro atoms. The second-order valence-electron chi connectivity index (χ2n) is 19.8. The van der Waals surface area contributed by atoms with Crippen LogP contribution in [0.3, 0.4) is 0 Å². The Balaban J connectivity index is 1.34. The zero-order chi connectivity index (χ0) is 39.4. The Morgan fingerprint density at radius 1 is 0.463 bits per heavy atom. The summed E-state index contributed by atoms with van der Waals surface area (Å²) >= 11 is 0. The summed E-state index contributed by atoms with van der Waals surface area (Å²) in [4.78, 5) is 4.67. The molecule has 0 saturated carbocycles. The molecule has 0 aliphatic carbocycles. The molecule has 1 aliphatic rings. The fraction of sp³-hybridized carbons (Fsp3) is 0.408. The third kappa shape index (κ3) is 8.46. The van der Waals surface area contributed by atoms with E-state index in [1.54, 1.807) is 0 Å². The smallest absolute Gasteiger partial charge is 0.129 e. The molecule has 284 valence electrons. The predicted molar refractivity (Wildman–Crippen MR) is 229 cm³/mol. The van der Waals surface area contributed by atoms with Crippen LogP contribution in [0.25, 0.3) is 5.69 Å². The van der Waals surface area contributed by atoms with E-state index in [0.717, 1.165) is 35.1 Å². The van der Waals surface area contributed by atoms with Crippen LogP contribution in [-0.4, -0.2) is 16.4 Å². The van der Waals surface area contributed by atoms with Crippen molar-refractivity contribution in [2.24, 2.45) is 0 Å². The van der Waals surface area contributed by atoms with Gasteiger partial charge >= 0.3 is 0 Å². The monoisotopic (exact) mass is 722 g/mol. The molecule has 5 heteroatoms. The van der Waals surface area contributed by atoms with Crippen molar-refractivity contribution in [3.63, 3.8) is 0 Å². The van der Waals surface area contributed by atoms with Crippen molar-refractivity contribution in [3.8, 4) is 17.2 Å². The largest absolute Gasteiger partial charge is 0.457 e. The SMILES string of the molecule is CC(C)(C)c1cc(Oc2cc(-n3cc(C(C)(C)c4ccccc4)cn3)cc(C(C)(C)C)c2)cc(N2C=CN(c3cc(C(C)(C)C)cc(C(C)(C)C)c3)C2)c1. The van der Waals surface area contributed by atoms with E-state index in [9.17, 15) is 0 Å². The van der Waals surface area contributed by atoms with Crippen LogP contribution in [0, 0.1) is 0 Å². The van der Waals surface area contributed by atoms with E-state index in [1.165, 1.54) is 33.5 Å². The molecular formula is C49H62N4O. The summed E-state index contributed by atoms with van der Waals surface area (Å²) in [5.74, 6) is 1.61. The van der Waals surface area contributed by atoms with Crippen LogP contribution in [0.4, 0.5) is 11.4 Å². The maximum Gasteiger partial charge on any atom is 0.129 e. The number of anilines is 2. The van der Waals surface area contributed by atoms with Gasteiger partial charge in [-0.1, -0.05) is 133 Å². The molecular weight excluding hydrogens is 661 g/mol. The summed E-state index contributed by atoms with van der Waals surface area (Å²) < 4.78 is 8.86. The van der Waals surface area contributed by atoms with E-state index in [2.05, 4.69) is 210 Å². The molecule has 0 N–H and O–H groups in total. The molecule has 54 heavy (non-hydrogen) atoms. The lowest BCUT2D eigenvalue weighted by atomic mass is 9.80. The molecule has 6 rings (SSSR count). The minimum absolute atomic E-state index is 0.0506. The number of aromatic nitrogens is 2. The first-order valence-electron chi connectivity index (χ1n) is 19.5. The fourth-order valence-electron chi connectivity index (χ4n) is 6.79. The van der Waals surface area contributed by atoms with Crippen LogP contribution in [-0.2, 0) is 27.1 Å². The standard InChI is InChI=1S/C49H62N4O/c1-45(2,3)35-22-36(46(4,5)6)24-40(23-35)51-20-21-52(33-51)41-25-37(47(7,8)9)27-43(29-41)54-44-28-38(48(10,11)12)26-42(30-44)53-32-39(31-50-53)49(13,14)34-18-16-15-17-19-34/h15-32H,33H2,1-14H3. The maximum atomic E-state index is 6.87. The van der Waals surface area contributed by atoms with Crippen molar-refractivity contribution in [1.82, 2.24) is 9.78 Å². The maximum absolute atomic E-state index is 6.87. The summed E-state index contributed by atoms with van der Waals surface area (Å²) in [6.07, 6.45) is 8.54. The van der Waals surface area contributed by atoms with Crippen molar-refractivity contribution in [1.29, 1.82) is 0 Å². The van der Waals surface area contributed by atoms with E-state index in [4.69, 9.17) is 9.84 Å². The van der Waals surface area contributed by atoms with E-state index >= 15 is 0 Å². The molecule has 0 atom stereocenters. The lowest BCUT2D eigenvalue weighted by molar-refractivity contribution is 0.474. The van der Waals surface area contributed by atoms with Crippen LogP contribution >= 0.6 is 0 Å². The Labute approximate surface area is 325 Å². The van der Waals surface area contributed by atoms with Crippen molar-refractivity contribution < 1.29 is 4.74 Å². The molecule has 1 aromatic heterocycles. The first-order chi connectivity index (χ1) is 25.0. The first kappa shape index (κ1) is 38.9. The summed E-state index contributed by atoms with van der Waals surface area (Å²) in [5.41, 5.74) is 10.6. The van der Waals surface area contributed by atoms with E-state index in [1.807, 2.05) is 10.9 Å². The van der Waals surface area contributed by atoms with Crippen molar-refractivity contribution in [2.75, 3.05) is 16.5 Å². The number of ether oxygens (including phenoxy) is 1. The minimum atomic E-state index is -0.186. The molecule has 4 aromatic carbocycles. The average Bonchev–Trinajstić information content (AvgIpc) is 3.79. The Hall–Kier alpha value is -4.77. The van der Waals surface area contributed by atoms with Crippen molar-refractivity contribution in [2.45, 2.75) is 124 Å². The van der Waals surface area contributed by atoms with Crippen LogP contribution in [0.1, 0.15) is 130 Å². The number of rotatable bonds is 7. The second kappa shape index (κ2) is 13.8. The van der Waals surface area contributed by atoms with Gasteiger partial charge in [0.25, 0.3) is 0 Å². The molecule has 1 aliphatic heterocycles. The Bertz CT molecular complexity index is 2110. The van der Waals surface area contributed by atoms with Gasteiger partial charge in [0.15, 0.2) is 0 Å². The highest BCUT2D eigenvalue weighted by atomic mass is 16.5. The lowest BCUT2D eigenvalue weighted by Gasteiger charge is -2.29. The second-order valence-corrected chi connectivity index (χ2v) is 19.8. The van der Waals surface area contributed by atoms with Gasteiger partial charge in [0.1, 0.15) is 11.5 Å². The highest BCUT2D eigenvalue weighted by molar-refractivity contribution is 5.64. The Kier molecular flexibility index (Phi) is 9.97. The molecule has 2 heterocycles. The van der Waals surface area contributed by atoms with Gasteiger partial charge in [-0.05, 0) is 85.9 Å². The van der Waals surface area contributed by atoms with Crippen LogP contribution in [0.5, 0.6) is 11.5 Å². The quantitative estimate of drug-likeness (QED) is 0.167. The molecule has 0 amide bonds. The van der Waals surface area contributed by atoms with Gasteiger partial charge in [-0.25, -0.2) is 4.68 Å². The predicted octanol–water partition coefficient (Wildman–Crippen LogP) is 12.9. The average molecular weight is 723 g/mol. The van der Waals surface area contributed by atoms with Crippen molar-refractivity contribution in [3.05, 3.63) is 143 Å². The summed E-state index contributed by atoms with van der Waals surface area (Å²) in [5, 5.41) is 4.87. The van der Waals surface area contributed by atoms with Gasteiger partial charge in [-0.15, -0.1) is 0 Å². The molecule has 0 saturated heterocycles. The normalized spacial score (nSPS) is 14.3. The zero-order valence-electron chi connectivity index (χ0n) is 35.3. The van der Waals surface area contributed by atoms with Crippen LogP contribution in [0.15, 0.2) is 110 Å². The summed E-state index contributed by atoms with van der Waals surface area (Å²) in [6.45, 7) is 32.5. The molecule has 0 fully saturated rings. The fourth-order valence-corrected chi connectivity index (χ4v) is 6.79. The van der Waals surface area contributed by atoms with E-state index in [-0.39, 0.29) is 27.1 Å². The summed E-state index contributed by atoms with van der Waals surface area (Å²) in [6, 6.07) is 30.9. The number of hydrogen-bond donors (Lipinski definition) is 0. The first-order valence-corrected chi connectivity index (χ1v) is 19.5. The van der Waals surface area contributed by atoms with Gasteiger partial charge in [0.05, 0.1) is 18.6 Å². The van der Waals surface area contributed by atoms with E-state index in [0.29, 0.717) is 0 Å². The summed E-state index contributed by atoms with van der Waals surface area (Å²) in [7, 11) is 0. The van der Waals surface area contributed by atoms with Gasteiger partial charge in [-0.2, -0.15) is 5.10 Å². The number of benzene rings is 4. The number of nitrogens with zero attached hydrogens (tertiary/aromatic N) is 4. The Morgan fingerprint density at radius 3 is 1.37 bits per heavy atom. The van der Waals surface area contributed by atoms with E-state index < -0.39 is 0 Å². The molecule has 0 bridgehead atoms. The zero-order valence-corrected chi connectivity index (χ0v) is 35.3. The van der Waals surface area contributed by atoms with Crippen LogP contribution in [0.2, 0.25) is 0 Å². The minimum Gasteiger partial charge on any atom is -0.457 e. The third-order valence-corrected chi connectivity index (χ3v) is 10.9. The molecule has 5 nitrogen and oxygen atoms in total. The van der Waals surface area contributed by atoms with Gasteiger partial charge in [-0.3, -0.25) is 0 Å². The van der Waals surface area contributed by atoms with Gasteiger partial charge in [0.2, 0.25) is 0 Å². The molecule has 0 unspecified atom stereocenters. The number of hydrogen-bond acceptors (Lipinski definition) is 4. The lowest BCUT2D eigenvalue weighted by Crippen LogP contribution is -2.26. The highest BCUT2D eigenvalue weighted by Gasteiger charge is 2.27.